The van der Waals surface area contributed by atoms with Crippen LogP contribution in [0.2, 0.25) is 0 Å². The Hall–Kier alpha value is -4.37. The summed E-state index contributed by atoms with van der Waals surface area (Å²) in [5.74, 6) is -1.03. The number of halogens is 1. The van der Waals surface area contributed by atoms with Crippen molar-refractivity contribution in [1.29, 1.82) is 0 Å². The molecule has 1 aliphatic rings. The third-order valence-corrected chi connectivity index (χ3v) is 5.13. The Morgan fingerprint density at radius 2 is 1.76 bits per heavy atom. The molecule has 0 saturated carbocycles. The van der Waals surface area contributed by atoms with Crippen molar-refractivity contribution in [3.05, 3.63) is 116 Å². The number of aliphatic imine (C=N–C) groups is 1. The van der Waals surface area contributed by atoms with Crippen molar-refractivity contribution in [3.63, 3.8) is 0 Å². The van der Waals surface area contributed by atoms with Crippen molar-refractivity contribution in [2.45, 2.75) is 0 Å². The smallest absolute Gasteiger partial charge is 0.363 e. The van der Waals surface area contributed by atoms with E-state index in [2.05, 4.69) is 20.9 Å². The summed E-state index contributed by atoms with van der Waals surface area (Å²) in [6.07, 6.45) is 4.81. The number of carbonyl (C=O) groups excluding carboxylic acids is 2. The van der Waals surface area contributed by atoms with Crippen LogP contribution in [-0.2, 0) is 9.53 Å². The maximum absolute atomic E-state index is 12.6. The fourth-order valence-corrected chi connectivity index (χ4v) is 3.36. The van der Waals surface area contributed by atoms with Crippen LogP contribution in [0.1, 0.15) is 21.5 Å². The zero-order valence-corrected chi connectivity index (χ0v) is 19.0. The highest BCUT2D eigenvalue weighted by Crippen LogP contribution is 2.28. The third-order valence-electron chi connectivity index (χ3n) is 4.64. The number of hydrogen-bond acceptors (Lipinski definition) is 7. The first kappa shape index (κ1) is 22.8. The molecule has 9 heteroatoms. The number of esters is 2. The Morgan fingerprint density at radius 3 is 2.47 bits per heavy atom. The fraction of sp³-hybridized carbons (Fsp3) is 0. The Balaban J connectivity index is 1.57. The highest BCUT2D eigenvalue weighted by molar-refractivity contribution is 9.10. The summed E-state index contributed by atoms with van der Waals surface area (Å²) in [5, 5.41) is 10.8. The summed E-state index contributed by atoms with van der Waals surface area (Å²) in [4.78, 5) is 39.3. The average Bonchev–Trinajstić information content (AvgIpc) is 3.19. The van der Waals surface area contributed by atoms with Crippen LogP contribution in [-0.4, -0.2) is 22.8 Å². The van der Waals surface area contributed by atoms with Gasteiger partial charge in [0.05, 0.1) is 10.5 Å². The van der Waals surface area contributed by atoms with Gasteiger partial charge in [0.25, 0.3) is 5.69 Å². The minimum atomic E-state index is -0.708. The number of nitro benzene ring substituents is 1. The summed E-state index contributed by atoms with van der Waals surface area (Å²) < 4.78 is 11.4. The Morgan fingerprint density at radius 1 is 1.03 bits per heavy atom. The van der Waals surface area contributed by atoms with Crippen molar-refractivity contribution in [1.82, 2.24) is 0 Å². The molecule has 0 amide bonds. The monoisotopic (exact) mass is 518 g/mol. The molecule has 0 aromatic heterocycles. The number of nitrogens with zero attached hydrogens (tertiary/aromatic N) is 2. The second-order valence-corrected chi connectivity index (χ2v) is 7.90. The van der Waals surface area contributed by atoms with Gasteiger partial charge in [0.1, 0.15) is 5.75 Å². The number of non-ortho nitro benzene ring substituents is 1. The molecule has 0 fully saturated rings. The minimum absolute atomic E-state index is 0.0402. The predicted octanol–water partition coefficient (Wildman–Crippen LogP) is 5.59. The molecule has 0 spiro atoms. The molecule has 0 N–H and O–H groups in total. The van der Waals surface area contributed by atoms with E-state index >= 15 is 0 Å². The number of hydrogen-bond donors (Lipinski definition) is 0. The van der Waals surface area contributed by atoms with Gasteiger partial charge in [0, 0.05) is 28.2 Å². The highest BCUT2D eigenvalue weighted by Gasteiger charge is 2.22. The van der Waals surface area contributed by atoms with Gasteiger partial charge in [-0.3, -0.25) is 10.1 Å². The van der Waals surface area contributed by atoms with E-state index in [0.717, 1.165) is 5.56 Å². The first-order valence-corrected chi connectivity index (χ1v) is 10.7. The van der Waals surface area contributed by atoms with E-state index in [4.69, 9.17) is 9.47 Å². The Kier molecular flexibility index (Phi) is 6.74. The Bertz CT molecular complexity index is 1360. The number of carbonyl (C=O) groups is 2. The van der Waals surface area contributed by atoms with Gasteiger partial charge < -0.3 is 9.47 Å². The van der Waals surface area contributed by atoms with Crippen LogP contribution in [0.3, 0.4) is 0 Å². The van der Waals surface area contributed by atoms with Gasteiger partial charge >= 0.3 is 11.9 Å². The molecule has 168 valence electrons. The molecular weight excluding hydrogens is 504 g/mol. The molecule has 8 nitrogen and oxygen atoms in total. The first-order chi connectivity index (χ1) is 16.4. The SMILES string of the molecule is O=C1OC(/C=C/c2ccccc2)=NC/1=C/c1cc(Br)ccc1OC(=O)c1ccc([N+](=O)[O-])cc1. The van der Waals surface area contributed by atoms with Crippen molar-refractivity contribution in [2.75, 3.05) is 0 Å². The van der Waals surface area contributed by atoms with E-state index in [1.54, 1.807) is 30.4 Å². The van der Waals surface area contributed by atoms with Crippen LogP contribution >= 0.6 is 15.9 Å². The van der Waals surface area contributed by atoms with Crippen LogP contribution in [0, 0.1) is 10.1 Å². The average molecular weight is 519 g/mol. The maximum atomic E-state index is 12.6. The predicted molar refractivity (Wildman–Crippen MR) is 129 cm³/mol. The second kappa shape index (κ2) is 10.1. The van der Waals surface area contributed by atoms with E-state index in [1.807, 2.05) is 30.3 Å². The summed E-state index contributed by atoms with van der Waals surface area (Å²) in [6, 6.07) is 19.4. The normalized spacial score (nSPS) is 14.2. The molecule has 0 unspecified atom stereocenters. The van der Waals surface area contributed by atoms with Crippen molar-refractivity contribution >= 4 is 51.6 Å². The van der Waals surface area contributed by atoms with Gasteiger partial charge in [0.2, 0.25) is 5.90 Å². The largest absolute Gasteiger partial charge is 0.422 e. The quantitative estimate of drug-likeness (QED) is 0.138. The zero-order chi connectivity index (χ0) is 24.1. The van der Waals surface area contributed by atoms with Crippen LogP contribution < -0.4 is 4.74 Å². The van der Waals surface area contributed by atoms with Gasteiger partial charge in [-0.2, -0.15) is 0 Å². The highest BCUT2D eigenvalue weighted by atomic mass is 79.9. The van der Waals surface area contributed by atoms with Crippen molar-refractivity contribution < 1.29 is 24.0 Å². The van der Waals surface area contributed by atoms with E-state index in [1.165, 1.54) is 30.3 Å². The lowest BCUT2D eigenvalue weighted by molar-refractivity contribution is -0.384. The van der Waals surface area contributed by atoms with Crippen LogP contribution in [0.5, 0.6) is 5.75 Å². The van der Waals surface area contributed by atoms with E-state index in [9.17, 15) is 19.7 Å². The molecule has 4 rings (SSSR count). The van der Waals surface area contributed by atoms with Crippen LogP contribution in [0.15, 0.2) is 94.0 Å². The summed E-state index contributed by atoms with van der Waals surface area (Å²) >= 11 is 3.36. The maximum Gasteiger partial charge on any atom is 0.363 e. The number of cyclic esters (lactones) is 1. The van der Waals surface area contributed by atoms with Gasteiger partial charge in [-0.05, 0) is 48.0 Å². The molecule has 0 radical (unpaired) electrons. The topological polar surface area (TPSA) is 108 Å². The lowest BCUT2D eigenvalue weighted by Gasteiger charge is -2.08. The van der Waals surface area contributed by atoms with Gasteiger partial charge in [-0.1, -0.05) is 46.3 Å². The van der Waals surface area contributed by atoms with Gasteiger partial charge in [-0.25, -0.2) is 14.6 Å². The van der Waals surface area contributed by atoms with Crippen molar-refractivity contribution in [3.8, 4) is 5.75 Å². The van der Waals surface area contributed by atoms with Gasteiger partial charge in [-0.15, -0.1) is 0 Å². The molecule has 3 aromatic rings. The lowest BCUT2D eigenvalue weighted by atomic mass is 10.1. The number of nitro groups is 1. The fourth-order valence-electron chi connectivity index (χ4n) is 2.98. The number of rotatable bonds is 6. The molecule has 0 aliphatic carbocycles. The van der Waals surface area contributed by atoms with E-state index in [-0.39, 0.29) is 28.6 Å². The first-order valence-electron chi connectivity index (χ1n) is 9.91. The third kappa shape index (κ3) is 5.51. The van der Waals surface area contributed by atoms with E-state index in [0.29, 0.717) is 10.0 Å². The summed E-state index contributed by atoms with van der Waals surface area (Å²) in [6.45, 7) is 0. The van der Waals surface area contributed by atoms with E-state index < -0.39 is 16.9 Å². The minimum Gasteiger partial charge on any atom is -0.422 e. The molecule has 1 aliphatic heterocycles. The summed E-state index contributed by atoms with van der Waals surface area (Å²) in [5.41, 5.74) is 1.37. The standard InChI is InChI=1S/C25H15BrN2O6/c26-19-9-12-22(33-24(29)17-7-10-20(11-8-17)28(31)32)18(14-19)15-21-25(30)34-23(27-21)13-6-16-4-2-1-3-5-16/h1-15H/b13-6+,21-15+. The molecule has 0 atom stereocenters. The van der Waals surface area contributed by atoms with Gasteiger partial charge in [0.15, 0.2) is 5.70 Å². The molecule has 3 aromatic carbocycles. The van der Waals surface area contributed by atoms with Crippen LogP contribution in [0.4, 0.5) is 5.69 Å². The molecule has 0 saturated heterocycles. The summed E-state index contributed by atoms with van der Waals surface area (Å²) in [7, 11) is 0. The number of benzene rings is 3. The Labute approximate surface area is 202 Å². The second-order valence-electron chi connectivity index (χ2n) is 6.99. The van der Waals surface area contributed by atoms with Crippen molar-refractivity contribution in [2.24, 2.45) is 4.99 Å². The van der Waals surface area contributed by atoms with Crippen LogP contribution in [0.25, 0.3) is 12.2 Å². The zero-order valence-electron chi connectivity index (χ0n) is 17.4. The molecular formula is C25H15BrN2O6. The lowest BCUT2D eigenvalue weighted by Crippen LogP contribution is -2.09. The molecule has 34 heavy (non-hydrogen) atoms. The number of ether oxygens (including phenoxy) is 2. The molecule has 0 bridgehead atoms. The molecule has 1 heterocycles.